The highest BCUT2D eigenvalue weighted by Gasteiger charge is 2.41. The summed E-state index contributed by atoms with van der Waals surface area (Å²) in [6.45, 7) is 0. The lowest BCUT2D eigenvalue weighted by molar-refractivity contribution is -0.172. The van der Waals surface area contributed by atoms with Gasteiger partial charge in [0.15, 0.2) is 0 Å². The molecule has 1 aliphatic rings. The van der Waals surface area contributed by atoms with Gasteiger partial charge >= 0.3 is 0 Å². The minimum Gasteiger partial charge on any atom is -0.344 e. The molecule has 17 heavy (non-hydrogen) atoms. The van der Waals surface area contributed by atoms with Gasteiger partial charge in [0, 0.05) is 17.7 Å². The lowest BCUT2D eigenvalue weighted by Crippen LogP contribution is -2.48. The van der Waals surface area contributed by atoms with Crippen LogP contribution in [-0.2, 0) is 5.91 Å². The molecule has 0 atom stereocenters. The summed E-state index contributed by atoms with van der Waals surface area (Å²) in [7, 11) is 1.63. The van der Waals surface area contributed by atoms with Crippen LogP contribution < -0.4 is 4.90 Å². The Morgan fingerprint density at radius 3 is 2.82 bits per heavy atom. The van der Waals surface area contributed by atoms with E-state index in [4.69, 9.17) is 0 Å². The van der Waals surface area contributed by atoms with E-state index in [1.165, 1.54) is 9.58 Å². The molecule has 0 aliphatic carbocycles. The van der Waals surface area contributed by atoms with Crippen LogP contribution in [0.3, 0.4) is 0 Å². The smallest absolute Gasteiger partial charge is 0.293 e. The molecule has 6 heteroatoms. The molecule has 0 unspecified atom stereocenters. The molecule has 2 N–H and O–H groups in total. The van der Waals surface area contributed by atoms with Crippen LogP contribution in [0.4, 0.5) is 5.69 Å². The second-order valence-electron chi connectivity index (χ2n) is 3.93. The molecule has 1 aromatic carbocycles. The summed E-state index contributed by atoms with van der Waals surface area (Å²) in [6, 6.07) is 7.19. The van der Waals surface area contributed by atoms with E-state index in [1.54, 1.807) is 19.3 Å². The van der Waals surface area contributed by atoms with Gasteiger partial charge < -0.3 is 15.1 Å². The average Bonchev–Trinajstić information content (AvgIpc) is 2.76. The summed E-state index contributed by atoms with van der Waals surface area (Å²) in [4.78, 5) is 1.41. The zero-order valence-electron chi connectivity index (χ0n) is 9.00. The summed E-state index contributed by atoms with van der Waals surface area (Å²) < 4.78 is 2.31. The Hall–Kier alpha value is -1.37. The van der Waals surface area contributed by atoms with E-state index in [-0.39, 0.29) is 0 Å². The molecule has 0 saturated carbocycles. The first-order valence-corrected chi connectivity index (χ1v) is 5.85. The van der Waals surface area contributed by atoms with E-state index < -0.39 is 5.91 Å². The topological polar surface area (TPSA) is 61.5 Å². The van der Waals surface area contributed by atoms with Crippen LogP contribution in [0.25, 0.3) is 5.69 Å². The number of anilines is 1. The number of aromatic nitrogens is 2. The Balaban J connectivity index is 2.39. The number of rotatable bonds is 0. The van der Waals surface area contributed by atoms with Crippen molar-refractivity contribution in [3.63, 3.8) is 0 Å². The average molecular weight is 296 g/mol. The fourth-order valence-electron chi connectivity index (χ4n) is 2.08. The first kappa shape index (κ1) is 10.8. The quantitative estimate of drug-likeness (QED) is 0.717. The molecular weight excluding hydrogens is 286 g/mol. The summed E-state index contributed by atoms with van der Waals surface area (Å²) in [5.74, 6) is -2.06. The lowest BCUT2D eigenvalue weighted by Gasteiger charge is -2.39. The maximum Gasteiger partial charge on any atom is 0.293 e. The van der Waals surface area contributed by atoms with Gasteiger partial charge in [0.05, 0.1) is 11.4 Å². The highest BCUT2D eigenvalue weighted by atomic mass is 79.9. The minimum absolute atomic E-state index is 0.325. The van der Waals surface area contributed by atoms with Crippen LogP contribution in [0.2, 0.25) is 0 Å². The normalized spacial score (nSPS) is 16.6. The van der Waals surface area contributed by atoms with Gasteiger partial charge in [0.25, 0.3) is 5.91 Å². The molecule has 1 aliphatic heterocycles. The standard InChI is InChI=1S/C11H10BrN3O2/c1-14-10-7(12)3-2-4-8(10)15-9(5-6-13-15)11(14,16)17/h2-6,16-17H,1H3. The zero-order valence-corrected chi connectivity index (χ0v) is 10.6. The monoisotopic (exact) mass is 295 g/mol. The maximum absolute atomic E-state index is 10.2. The van der Waals surface area contributed by atoms with Crippen LogP contribution in [0, 0.1) is 0 Å². The van der Waals surface area contributed by atoms with Gasteiger partial charge in [-0.05, 0) is 34.1 Å². The minimum atomic E-state index is -2.06. The van der Waals surface area contributed by atoms with Crippen LogP contribution in [0.5, 0.6) is 0 Å². The van der Waals surface area contributed by atoms with Gasteiger partial charge in [-0.25, -0.2) is 4.68 Å². The van der Waals surface area contributed by atoms with Gasteiger partial charge in [-0.3, -0.25) is 0 Å². The fraction of sp³-hybridized carbons (Fsp3) is 0.182. The summed E-state index contributed by atoms with van der Waals surface area (Å²) in [5, 5.41) is 24.4. The van der Waals surface area contributed by atoms with Crippen molar-refractivity contribution in [2.24, 2.45) is 0 Å². The summed E-state index contributed by atoms with van der Waals surface area (Å²) in [5.41, 5.74) is 1.82. The van der Waals surface area contributed by atoms with Crippen LogP contribution in [0.1, 0.15) is 5.69 Å². The van der Waals surface area contributed by atoms with Gasteiger partial charge in [-0.15, -0.1) is 0 Å². The first-order chi connectivity index (χ1) is 8.03. The molecule has 0 saturated heterocycles. The second-order valence-corrected chi connectivity index (χ2v) is 4.78. The molecule has 3 rings (SSSR count). The molecule has 88 valence electrons. The lowest BCUT2D eigenvalue weighted by atomic mass is 10.1. The Morgan fingerprint density at radius 1 is 1.29 bits per heavy atom. The molecule has 0 radical (unpaired) electrons. The molecule has 2 heterocycles. The highest BCUT2D eigenvalue weighted by molar-refractivity contribution is 9.10. The number of nitrogens with zero attached hydrogens (tertiary/aromatic N) is 3. The Morgan fingerprint density at radius 2 is 2.06 bits per heavy atom. The van der Waals surface area contributed by atoms with E-state index in [1.807, 2.05) is 18.2 Å². The molecular formula is C11H10BrN3O2. The van der Waals surface area contributed by atoms with Gasteiger partial charge in [0.2, 0.25) is 0 Å². The number of para-hydroxylation sites is 1. The fourth-order valence-corrected chi connectivity index (χ4v) is 2.71. The third-order valence-electron chi connectivity index (χ3n) is 2.98. The predicted octanol–water partition coefficient (Wildman–Crippen LogP) is 1.18. The molecule has 0 spiro atoms. The maximum atomic E-state index is 10.2. The van der Waals surface area contributed by atoms with Crippen molar-refractivity contribution in [3.05, 3.63) is 40.6 Å². The van der Waals surface area contributed by atoms with Crippen molar-refractivity contribution in [1.82, 2.24) is 9.78 Å². The molecule has 2 aromatic rings. The third-order valence-corrected chi connectivity index (χ3v) is 3.62. The van der Waals surface area contributed by atoms with Crippen LogP contribution in [-0.4, -0.2) is 27.0 Å². The van der Waals surface area contributed by atoms with Crippen LogP contribution in [0.15, 0.2) is 34.9 Å². The van der Waals surface area contributed by atoms with Crippen molar-refractivity contribution in [2.75, 3.05) is 11.9 Å². The third kappa shape index (κ3) is 1.28. The summed E-state index contributed by atoms with van der Waals surface area (Å²) in [6.07, 6.45) is 1.54. The Bertz CT molecular complexity index is 594. The Labute approximate surface area is 106 Å². The van der Waals surface area contributed by atoms with Crippen molar-refractivity contribution in [1.29, 1.82) is 0 Å². The predicted molar refractivity (Wildman–Crippen MR) is 65.8 cm³/mol. The van der Waals surface area contributed by atoms with E-state index in [0.29, 0.717) is 11.4 Å². The second kappa shape index (κ2) is 3.32. The molecule has 5 nitrogen and oxygen atoms in total. The number of benzene rings is 1. The first-order valence-electron chi connectivity index (χ1n) is 5.05. The highest BCUT2D eigenvalue weighted by Crippen LogP contribution is 2.41. The number of halogens is 1. The van der Waals surface area contributed by atoms with Crippen molar-refractivity contribution >= 4 is 21.6 Å². The number of aliphatic hydroxyl groups is 2. The largest absolute Gasteiger partial charge is 0.344 e. The van der Waals surface area contributed by atoms with E-state index in [2.05, 4.69) is 21.0 Å². The van der Waals surface area contributed by atoms with Gasteiger partial charge in [-0.2, -0.15) is 5.10 Å². The van der Waals surface area contributed by atoms with Crippen molar-refractivity contribution in [3.8, 4) is 5.69 Å². The van der Waals surface area contributed by atoms with Gasteiger partial charge in [-0.1, -0.05) is 6.07 Å². The van der Waals surface area contributed by atoms with Crippen molar-refractivity contribution < 1.29 is 10.2 Å². The number of hydrogen-bond donors (Lipinski definition) is 2. The number of fused-ring (bicyclic) bond motifs is 3. The summed E-state index contributed by atoms with van der Waals surface area (Å²) >= 11 is 3.41. The van der Waals surface area contributed by atoms with E-state index in [9.17, 15) is 10.2 Å². The molecule has 0 amide bonds. The van der Waals surface area contributed by atoms with Gasteiger partial charge in [0.1, 0.15) is 5.69 Å². The molecule has 1 aromatic heterocycles. The van der Waals surface area contributed by atoms with E-state index >= 15 is 0 Å². The zero-order chi connectivity index (χ0) is 12.2. The Kier molecular flexibility index (Phi) is 2.10. The molecule has 0 fully saturated rings. The van der Waals surface area contributed by atoms with E-state index in [0.717, 1.165) is 10.2 Å². The van der Waals surface area contributed by atoms with Crippen molar-refractivity contribution in [2.45, 2.75) is 5.91 Å². The van der Waals surface area contributed by atoms with Crippen LogP contribution >= 0.6 is 15.9 Å². The SMILES string of the molecule is CN1c2c(Br)cccc2-n2nccc2C1(O)O. The molecule has 0 bridgehead atoms. The number of hydrogen-bond acceptors (Lipinski definition) is 4.